The van der Waals surface area contributed by atoms with Gasteiger partial charge in [-0.3, -0.25) is 14.6 Å². The lowest BCUT2D eigenvalue weighted by Gasteiger charge is -2.20. The molecule has 1 aliphatic heterocycles. The van der Waals surface area contributed by atoms with Crippen molar-refractivity contribution in [1.82, 2.24) is 19.7 Å². The predicted octanol–water partition coefficient (Wildman–Crippen LogP) is 2.49. The summed E-state index contributed by atoms with van der Waals surface area (Å²) in [6.45, 7) is 2.19. The molecule has 2 aromatic heterocycles. The second-order valence-corrected chi connectivity index (χ2v) is 6.42. The van der Waals surface area contributed by atoms with Crippen LogP contribution in [0.15, 0.2) is 41.5 Å². The lowest BCUT2D eigenvalue weighted by molar-refractivity contribution is -0.131. The first-order valence-corrected chi connectivity index (χ1v) is 9.00. The van der Waals surface area contributed by atoms with Crippen molar-refractivity contribution in [1.29, 1.82) is 0 Å². The summed E-state index contributed by atoms with van der Waals surface area (Å²) in [4.78, 5) is 30.4. The Labute approximate surface area is 147 Å². The zero-order valence-corrected chi connectivity index (χ0v) is 14.4. The van der Waals surface area contributed by atoms with Crippen LogP contribution in [0.1, 0.15) is 38.5 Å². The fourth-order valence-corrected chi connectivity index (χ4v) is 3.14. The molecule has 0 saturated carbocycles. The molecule has 0 N–H and O–H groups in total. The molecule has 0 unspecified atom stereocenters. The van der Waals surface area contributed by atoms with Crippen LogP contribution in [0.25, 0.3) is 11.3 Å². The van der Waals surface area contributed by atoms with Crippen LogP contribution in [0.2, 0.25) is 0 Å². The van der Waals surface area contributed by atoms with E-state index < -0.39 is 0 Å². The highest BCUT2D eigenvalue weighted by molar-refractivity contribution is 5.76. The highest BCUT2D eigenvalue weighted by Gasteiger charge is 2.15. The van der Waals surface area contributed by atoms with Crippen molar-refractivity contribution in [2.24, 2.45) is 0 Å². The molecule has 1 aliphatic rings. The van der Waals surface area contributed by atoms with Gasteiger partial charge in [-0.1, -0.05) is 12.8 Å². The van der Waals surface area contributed by atoms with E-state index in [1.54, 1.807) is 18.5 Å². The summed E-state index contributed by atoms with van der Waals surface area (Å²) >= 11 is 0. The van der Waals surface area contributed by atoms with Gasteiger partial charge < -0.3 is 4.90 Å². The van der Waals surface area contributed by atoms with Gasteiger partial charge >= 0.3 is 0 Å². The van der Waals surface area contributed by atoms with E-state index >= 15 is 0 Å². The zero-order valence-electron chi connectivity index (χ0n) is 14.4. The van der Waals surface area contributed by atoms with Gasteiger partial charge in [0.05, 0.1) is 5.69 Å². The summed E-state index contributed by atoms with van der Waals surface area (Å²) in [6.07, 6.45) is 9.13. The molecule has 0 bridgehead atoms. The van der Waals surface area contributed by atoms with Gasteiger partial charge in [-0.2, -0.15) is 5.10 Å². The summed E-state index contributed by atoms with van der Waals surface area (Å²) in [5, 5.41) is 4.41. The number of aromatic nitrogens is 3. The number of amides is 1. The Balaban J connectivity index is 1.59. The number of pyridine rings is 1. The van der Waals surface area contributed by atoms with Crippen LogP contribution in [-0.4, -0.2) is 38.7 Å². The molecule has 25 heavy (non-hydrogen) atoms. The molecule has 0 radical (unpaired) electrons. The molecule has 0 atom stereocenters. The average molecular weight is 340 g/mol. The molecule has 132 valence electrons. The molecular weight excluding hydrogens is 316 g/mol. The zero-order chi connectivity index (χ0) is 17.5. The molecule has 6 heteroatoms. The maximum Gasteiger partial charge on any atom is 0.266 e. The highest BCUT2D eigenvalue weighted by Crippen LogP contribution is 2.13. The number of rotatable bonds is 5. The SMILES string of the molecule is O=C(CCCn1nc(-c2cccnc2)ccc1=O)N1CCCCCC1. The third kappa shape index (κ3) is 4.75. The molecule has 3 heterocycles. The Morgan fingerprint density at radius 1 is 1.08 bits per heavy atom. The summed E-state index contributed by atoms with van der Waals surface area (Å²) < 4.78 is 1.44. The lowest BCUT2D eigenvalue weighted by atomic mass is 10.2. The Hall–Kier alpha value is -2.50. The lowest BCUT2D eigenvalue weighted by Crippen LogP contribution is -2.32. The van der Waals surface area contributed by atoms with Crippen molar-refractivity contribution < 1.29 is 4.79 Å². The van der Waals surface area contributed by atoms with Crippen molar-refractivity contribution in [2.45, 2.75) is 45.1 Å². The minimum absolute atomic E-state index is 0.144. The van der Waals surface area contributed by atoms with Crippen molar-refractivity contribution in [3.05, 3.63) is 47.0 Å². The quantitative estimate of drug-likeness (QED) is 0.838. The Kier molecular flexibility index (Phi) is 5.93. The number of nitrogens with zero attached hydrogens (tertiary/aromatic N) is 4. The van der Waals surface area contributed by atoms with E-state index in [1.165, 1.54) is 23.6 Å². The monoisotopic (exact) mass is 340 g/mol. The molecule has 0 aromatic carbocycles. The van der Waals surface area contributed by atoms with Crippen LogP contribution in [0, 0.1) is 0 Å². The minimum Gasteiger partial charge on any atom is -0.343 e. The third-order valence-electron chi connectivity index (χ3n) is 4.54. The van der Waals surface area contributed by atoms with Gasteiger partial charge in [0.1, 0.15) is 0 Å². The van der Waals surface area contributed by atoms with Gasteiger partial charge in [-0.05, 0) is 37.5 Å². The van der Waals surface area contributed by atoms with Gasteiger partial charge in [0.15, 0.2) is 0 Å². The summed E-state index contributed by atoms with van der Waals surface area (Å²) in [5.74, 6) is 0.193. The van der Waals surface area contributed by atoms with E-state index in [4.69, 9.17) is 0 Å². The van der Waals surface area contributed by atoms with Gasteiger partial charge in [-0.15, -0.1) is 0 Å². The first-order chi connectivity index (χ1) is 12.2. The van der Waals surface area contributed by atoms with Crippen LogP contribution in [0.3, 0.4) is 0 Å². The molecule has 3 rings (SSSR count). The minimum atomic E-state index is -0.144. The fourth-order valence-electron chi connectivity index (χ4n) is 3.14. The number of likely N-dealkylation sites (tertiary alicyclic amines) is 1. The molecule has 2 aromatic rings. The number of hydrogen-bond donors (Lipinski definition) is 0. The first kappa shape index (κ1) is 17.3. The van der Waals surface area contributed by atoms with E-state index in [2.05, 4.69) is 10.1 Å². The van der Waals surface area contributed by atoms with Gasteiger partial charge in [0.25, 0.3) is 5.56 Å². The van der Waals surface area contributed by atoms with Crippen LogP contribution in [0.5, 0.6) is 0 Å². The van der Waals surface area contributed by atoms with Crippen molar-refractivity contribution >= 4 is 5.91 Å². The Morgan fingerprint density at radius 2 is 1.88 bits per heavy atom. The standard InChI is InChI=1S/C19H24N4O2/c24-18(22-12-3-1-2-4-13-22)8-6-14-23-19(25)10-9-17(21-23)16-7-5-11-20-15-16/h5,7,9-11,15H,1-4,6,8,12-14H2. The largest absolute Gasteiger partial charge is 0.343 e. The maximum atomic E-state index is 12.3. The first-order valence-electron chi connectivity index (χ1n) is 9.00. The van der Waals surface area contributed by atoms with Crippen LogP contribution < -0.4 is 5.56 Å². The number of hydrogen-bond acceptors (Lipinski definition) is 4. The number of carbonyl (C=O) groups excluding carboxylic acids is 1. The molecule has 0 spiro atoms. The molecule has 1 fully saturated rings. The van der Waals surface area contributed by atoms with Crippen molar-refractivity contribution in [3.8, 4) is 11.3 Å². The van der Waals surface area contributed by atoms with E-state index in [0.29, 0.717) is 25.1 Å². The van der Waals surface area contributed by atoms with E-state index in [0.717, 1.165) is 31.5 Å². The third-order valence-corrected chi connectivity index (χ3v) is 4.54. The van der Waals surface area contributed by atoms with Crippen LogP contribution in [0.4, 0.5) is 0 Å². The topological polar surface area (TPSA) is 68.1 Å². The van der Waals surface area contributed by atoms with Crippen molar-refractivity contribution in [2.75, 3.05) is 13.1 Å². The second-order valence-electron chi connectivity index (χ2n) is 6.42. The fraction of sp³-hybridized carbons (Fsp3) is 0.474. The molecule has 6 nitrogen and oxygen atoms in total. The van der Waals surface area contributed by atoms with Crippen LogP contribution in [-0.2, 0) is 11.3 Å². The smallest absolute Gasteiger partial charge is 0.266 e. The number of carbonyl (C=O) groups is 1. The highest BCUT2D eigenvalue weighted by atomic mass is 16.2. The van der Waals surface area contributed by atoms with E-state index in [1.807, 2.05) is 17.0 Å². The summed E-state index contributed by atoms with van der Waals surface area (Å²) in [5.41, 5.74) is 1.44. The summed E-state index contributed by atoms with van der Waals surface area (Å²) in [6, 6.07) is 6.98. The van der Waals surface area contributed by atoms with Gasteiger partial charge in [0, 0.05) is 50.1 Å². The normalized spacial score (nSPS) is 15.0. The van der Waals surface area contributed by atoms with Gasteiger partial charge in [0.2, 0.25) is 5.91 Å². The predicted molar refractivity (Wildman–Crippen MR) is 96.0 cm³/mol. The van der Waals surface area contributed by atoms with E-state index in [-0.39, 0.29) is 11.5 Å². The molecule has 0 aliphatic carbocycles. The number of aryl methyl sites for hydroxylation is 1. The van der Waals surface area contributed by atoms with Crippen molar-refractivity contribution in [3.63, 3.8) is 0 Å². The molecule has 1 saturated heterocycles. The molecule has 1 amide bonds. The maximum absolute atomic E-state index is 12.3. The van der Waals surface area contributed by atoms with E-state index in [9.17, 15) is 9.59 Å². The second kappa shape index (κ2) is 8.55. The molecular formula is C19H24N4O2. The summed E-state index contributed by atoms with van der Waals surface area (Å²) in [7, 11) is 0. The Bertz CT molecular complexity index is 750. The van der Waals surface area contributed by atoms with Crippen LogP contribution >= 0.6 is 0 Å². The average Bonchev–Trinajstić information content (AvgIpc) is 2.93. The van der Waals surface area contributed by atoms with Gasteiger partial charge in [-0.25, -0.2) is 4.68 Å². The Morgan fingerprint density at radius 3 is 2.60 bits per heavy atom.